The number of rotatable bonds is 5. The van der Waals surface area contributed by atoms with Gasteiger partial charge in [-0.15, -0.1) is 0 Å². The summed E-state index contributed by atoms with van der Waals surface area (Å²) in [5.74, 6) is 0. The molecule has 1 aliphatic rings. The molecule has 13 heavy (non-hydrogen) atoms. The molecule has 0 aliphatic carbocycles. The van der Waals surface area contributed by atoms with E-state index in [1.807, 2.05) is 6.92 Å². The van der Waals surface area contributed by atoms with Crippen molar-refractivity contribution in [2.24, 2.45) is 0 Å². The Morgan fingerprint density at radius 2 is 2.31 bits per heavy atom. The van der Waals surface area contributed by atoms with Crippen LogP contribution in [0.3, 0.4) is 0 Å². The summed E-state index contributed by atoms with van der Waals surface area (Å²) in [5, 5.41) is 4.13. The first kappa shape index (κ1) is 10.7. The van der Waals surface area contributed by atoms with E-state index in [2.05, 4.69) is 10.2 Å². The van der Waals surface area contributed by atoms with Gasteiger partial charge in [0.25, 0.3) is 0 Å². The van der Waals surface area contributed by atoms with Crippen LogP contribution in [0.1, 0.15) is 19.8 Å². The van der Waals surface area contributed by atoms with Crippen LogP contribution in [0.2, 0.25) is 0 Å². The Kier molecular flexibility index (Phi) is 5.08. The van der Waals surface area contributed by atoms with Gasteiger partial charge >= 0.3 is 0 Å². The fourth-order valence-electron chi connectivity index (χ4n) is 1.15. The van der Waals surface area contributed by atoms with Crippen molar-refractivity contribution in [2.45, 2.75) is 19.8 Å². The second kappa shape index (κ2) is 6.16. The van der Waals surface area contributed by atoms with Gasteiger partial charge in [0.1, 0.15) is 0 Å². The van der Waals surface area contributed by atoms with Crippen LogP contribution in [0, 0.1) is 0 Å². The molecule has 0 bridgehead atoms. The van der Waals surface area contributed by atoms with E-state index in [0.29, 0.717) is 0 Å². The van der Waals surface area contributed by atoms with Crippen LogP contribution in [0.25, 0.3) is 0 Å². The van der Waals surface area contributed by atoms with Crippen LogP contribution >= 0.6 is 12.2 Å². The summed E-state index contributed by atoms with van der Waals surface area (Å²) in [5.41, 5.74) is 0. The first-order valence-corrected chi connectivity index (χ1v) is 5.36. The third-order valence-electron chi connectivity index (χ3n) is 2.09. The molecule has 0 aromatic carbocycles. The van der Waals surface area contributed by atoms with Crippen molar-refractivity contribution in [3.63, 3.8) is 0 Å². The predicted molar refractivity (Wildman–Crippen MR) is 57.9 cm³/mol. The highest BCUT2D eigenvalue weighted by Gasteiger charge is 2.15. The van der Waals surface area contributed by atoms with E-state index in [4.69, 9.17) is 17.0 Å². The maximum absolute atomic E-state index is 5.22. The van der Waals surface area contributed by atoms with Gasteiger partial charge in [-0.2, -0.15) is 0 Å². The Labute approximate surface area is 85.4 Å². The SMILES string of the molecule is CCOCCCNC(=S)N1CCC1. The second-order valence-electron chi connectivity index (χ2n) is 3.12. The minimum atomic E-state index is 0.802. The van der Waals surface area contributed by atoms with Gasteiger partial charge in [-0.3, -0.25) is 0 Å². The Hall–Kier alpha value is -0.350. The van der Waals surface area contributed by atoms with Crippen LogP contribution in [-0.4, -0.2) is 42.9 Å². The number of likely N-dealkylation sites (tertiary alicyclic amines) is 1. The van der Waals surface area contributed by atoms with Crippen molar-refractivity contribution in [2.75, 3.05) is 32.8 Å². The number of thiocarbonyl (C=S) groups is 1. The van der Waals surface area contributed by atoms with Crippen LogP contribution in [0.5, 0.6) is 0 Å². The fraction of sp³-hybridized carbons (Fsp3) is 0.889. The fourth-order valence-corrected chi connectivity index (χ4v) is 1.43. The van der Waals surface area contributed by atoms with E-state index >= 15 is 0 Å². The van der Waals surface area contributed by atoms with E-state index in [0.717, 1.165) is 44.4 Å². The Morgan fingerprint density at radius 3 is 2.85 bits per heavy atom. The van der Waals surface area contributed by atoms with Crippen LogP contribution in [0.15, 0.2) is 0 Å². The molecule has 4 heteroatoms. The number of hydrogen-bond acceptors (Lipinski definition) is 2. The maximum Gasteiger partial charge on any atom is 0.168 e. The lowest BCUT2D eigenvalue weighted by molar-refractivity contribution is 0.145. The molecule has 1 saturated heterocycles. The summed E-state index contributed by atoms with van der Waals surface area (Å²) in [6.07, 6.45) is 2.31. The summed E-state index contributed by atoms with van der Waals surface area (Å²) in [6, 6.07) is 0. The molecule has 0 atom stereocenters. The van der Waals surface area contributed by atoms with Crippen molar-refractivity contribution >= 4 is 17.3 Å². The average Bonchev–Trinajstić information content (AvgIpc) is 2.01. The minimum Gasteiger partial charge on any atom is -0.382 e. The molecule has 3 nitrogen and oxygen atoms in total. The van der Waals surface area contributed by atoms with Gasteiger partial charge in [0.05, 0.1) is 0 Å². The average molecular weight is 202 g/mol. The molecular formula is C9H18N2OS. The second-order valence-corrected chi connectivity index (χ2v) is 3.51. The number of nitrogens with one attached hydrogen (secondary N) is 1. The van der Waals surface area contributed by atoms with Gasteiger partial charge in [-0.25, -0.2) is 0 Å². The van der Waals surface area contributed by atoms with Crippen molar-refractivity contribution in [3.05, 3.63) is 0 Å². The van der Waals surface area contributed by atoms with Gasteiger partial charge in [-0.05, 0) is 32.0 Å². The zero-order chi connectivity index (χ0) is 9.52. The quantitative estimate of drug-likeness (QED) is 0.531. The van der Waals surface area contributed by atoms with E-state index in [1.54, 1.807) is 0 Å². The third-order valence-corrected chi connectivity index (χ3v) is 2.49. The molecule has 0 saturated carbocycles. The third kappa shape index (κ3) is 3.91. The highest BCUT2D eigenvalue weighted by Crippen LogP contribution is 2.05. The molecule has 0 amide bonds. The Morgan fingerprint density at radius 1 is 1.54 bits per heavy atom. The largest absolute Gasteiger partial charge is 0.382 e. The van der Waals surface area contributed by atoms with E-state index in [9.17, 15) is 0 Å². The summed E-state index contributed by atoms with van der Waals surface area (Å²) in [6.45, 7) is 6.81. The molecule has 0 aromatic rings. The van der Waals surface area contributed by atoms with Gasteiger partial charge < -0.3 is 15.0 Å². The molecule has 0 radical (unpaired) electrons. The normalized spacial score (nSPS) is 15.3. The van der Waals surface area contributed by atoms with Crippen LogP contribution in [-0.2, 0) is 4.74 Å². The summed E-state index contributed by atoms with van der Waals surface area (Å²) >= 11 is 5.18. The lowest BCUT2D eigenvalue weighted by Gasteiger charge is -2.33. The first-order valence-electron chi connectivity index (χ1n) is 4.95. The summed E-state index contributed by atoms with van der Waals surface area (Å²) in [7, 11) is 0. The predicted octanol–water partition coefficient (Wildman–Crippen LogP) is 0.993. The Balaban J connectivity index is 1.89. The lowest BCUT2D eigenvalue weighted by atomic mass is 10.2. The van der Waals surface area contributed by atoms with Crippen molar-refractivity contribution in [1.29, 1.82) is 0 Å². The summed E-state index contributed by atoms with van der Waals surface area (Å²) < 4.78 is 5.22. The van der Waals surface area contributed by atoms with Gasteiger partial charge in [-0.1, -0.05) is 0 Å². The van der Waals surface area contributed by atoms with Gasteiger partial charge in [0.2, 0.25) is 0 Å². The van der Waals surface area contributed by atoms with Crippen LogP contribution in [0.4, 0.5) is 0 Å². The van der Waals surface area contributed by atoms with Gasteiger partial charge in [0, 0.05) is 32.8 Å². The molecule has 0 spiro atoms. The van der Waals surface area contributed by atoms with Crippen molar-refractivity contribution < 1.29 is 4.74 Å². The van der Waals surface area contributed by atoms with Gasteiger partial charge in [0.15, 0.2) is 5.11 Å². The van der Waals surface area contributed by atoms with E-state index in [-0.39, 0.29) is 0 Å². The highest BCUT2D eigenvalue weighted by atomic mass is 32.1. The van der Waals surface area contributed by atoms with Crippen molar-refractivity contribution in [3.8, 4) is 0 Å². The topological polar surface area (TPSA) is 24.5 Å². The zero-order valence-corrected chi connectivity index (χ0v) is 9.03. The lowest BCUT2D eigenvalue weighted by Crippen LogP contribution is -2.47. The smallest absolute Gasteiger partial charge is 0.168 e. The van der Waals surface area contributed by atoms with E-state index < -0.39 is 0 Å². The first-order chi connectivity index (χ1) is 6.34. The summed E-state index contributed by atoms with van der Waals surface area (Å²) in [4.78, 5) is 2.19. The molecule has 76 valence electrons. The Bertz CT molecular complexity index is 160. The number of nitrogens with zero attached hydrogens (tertiary/aromatic N) is 1. The standard InChI is InChI=1S/C9H18N2OS/c1-2-12-8-3-5-10-9(13)11-6-4-7-11/h2-8H2,1H3,(H,10,13). The molecule has 1 aliphatic heterocycles. The molecule has 1 fully saturated rings. The van der Waals surface area contributed by atoms with Crippen molar-refractivity contribution in [1.82, 2.24) is 10.2 Å². The zero-order valence-electron chi connectivity index (χ0n) is 8.21. The molecule has 1 N–H and O–H groups in total. The maximum atomic E-state index is 5.22. The molecule has 1 heterocycles. The molecule has 0 unspecified atom stereocenters. The van der Waals surface area contributed by atoms with E-state index in [1.165, 1.54) is 6.42 Å². The molecule has 1 rings (SSSR count). The van der Waals surface area contributed by atoms with Crippen LogP contribution < -0.4 is 5.32 Å². The minimum absolute atomic E-state index is 0.802. The molecular weight excluding hydrogens is 184 g/mol. The number of ether oxygens (including phenoxy) is 1. The number of hydrogen-bond donors (Lipinski definition) is 1. The highest BCUT2D eigenvalue weighted by molar-refractivity contribution is 7.80. The monoisotopic (exact) mass is 202 g/mol. The molecule has 0 aromatic heterocycles.